The summed E-state index contributed by atoms with van der Waals surface area (Å²) in [6.45, 7) is 1.38. The molecule has 25 heavy (non-hydrogen) atoms. The van der Waals surface area contributed by atoms with Crippen molar-refractivity contribution >= 4 is 24.4 Å². The fourth-order valence-corrected chi connectivity index (χ4v) is 4.49. The van der Waals surface area contributed by atoms with Crippen LogP contribution in [-0.4, -0.2) is 21.0 Å². The van der Waals surface area contributed by atoms with Gasteiger partial charge < -0.3 is 15.0 Å². The van der Waals surface area contributed by atoms with E-state index in [4.69, 9.17) is 0 Å². The second-order valence-corrected chi connectivity index (χ2v) is 8.10. The summed E-state index contributed by atoms with van der Waals surface area (Å²) >= 11 is 0. The molecule has 2 unspecified atom stereocenters. The molecule has 3 rings (SSSR count). The van der Waals surface area contributed by atoms with E-state index in [2.05, 4.69) is 10.1 Å². The van der Waals surface area contributed by atoms with Crippen molar-refractivity contribution in [3.8, 4) is 0 Å². The maximum atomic E-state index is 12.7. The van der Waals surface area contributed by atoms with E-state index in [0.717, 1.165) is 10.9 Å². The van der Waals surface area contributed by atoms with E-state index >= 15 is 0 Å². The molecular weight excluding hydrogens is 339 g/mol. The molecule has 4 N–H and O–H groups in total. The number of carbonyl (C=O) groups is 1. The minimum absolute atomic E-state index is 0.156. The van der Waals surface area contributed by atoms with E-state index in [1.165, 1.54) is 6.92 Å². The number of benzene rings is 2. The van der Waals surface area contributed by atoms with Crippen LogP contribution in [0.15, 0.2) is 60.7 Å². The fourth-order valence-electron chi connectivity index (χ4n) is 2.79. The molecule has 0 aliphatic rings. The lowest BCUT2D eigenvalue weighted by Gasteiger charge is -2.28. The van der Waals surface area contributed by atoms with E-state index in [1.807, 2.05) is 30.3 Å². The zero-order valence-electron chi connectivity index (χ0n) is 13.6. The van der Waals surface area contributed by atoms with Gasteiger partial charge in [0.05, 0.1) is 6.16 Å². The molecule has 1 aromatic heterocycles. The number of hydrogen-bond donors (Lipinski definition) is 4. The van der Waals surface area contributed by atoms with Crippen LogP contribution >= 0.6 is 7.52 Å². The Morgan fingerprint density at radius 2 is 1.80 bits per heavy atom. The Bertz CT molecular complexity index is 921. The highest BCUT2D eigenvalue weighted by molar-refractivity contribution is 7.55. The Labute approximate surface area is 145 Å². The normalized spacial score (nSPS) is 16.2. The van der Waals surface area contributed by atoms with E-state index in [-0.39, 0.29) is 6.16 Å². The van der Waals surface area contributed by atoms with Crippen molar-refractivity contribution in [3.63, 3.8) is 0 Å². The van der Waals surface area contributed by atoms with Gasteiger partial charge in [-0.05, 0) is 30.0 Å². The van der Waals surface area contributed by atoms with Gasteiger partial charge in [-0.1, -0.05) is 48.5 Å². The first kappa shape index (κ1) is 17.4. The summed E-state index contributed by atoms with van der Waals surface area (Å²) in [5, 5.41) is 13.0. The highest BCUT2D eigenvalue weighted by Gasteiger charge is 2.42. The monoisotopic (exact) mass is 358 g/mol. The van der Waals surface area contributed by atoms with E-state index < -0.39 is 19.0 Å². The van der Waals surface area contributed by atoms with Crippen LogP contribution in [0.1, 0.15) is 18.2 Å². The van der Waals surface area contributed by atoms with Gasteiger partial charge in [-0.25, -0.2) is 9.88 Å². The van der Waals surface area contributed by atoms with Crippen molar-refractivity contribution in [1.82, 2.24) is 10.1 Å². The lowest BCUT2D eigenvalue weighted by Crippen LogP contribution is -2.45. The molecule has 0 saturated heterocycles. The van der Waals surface area contributed by atoms with Crippen LogP contribution in [0.3, 0.4) is 0 Å². The smallest absolute Gasteiger partial charge is 0.330 e. The lowest BCUT2D eigenvalue weighted by atomic mass is 10.00. The number of carboxylic acid groups (broad SMARTS) is 1. The zero-order valence-corrected chi connectivity index (χ0v) is 14.5. The molecular formula is C18H19N2O4P. The maximum absolute atomic E-state index is 12.7. The minimum atomic E-state index is -3.95. The fraction of sp³-hybridized carbons (Fsp3) is 0.167. The van der Waals surface area contributed by atoms with Gasteiger partial charge in [-0.15, -0.1) is 0 Å². The lowest BCUT2D eigenvalue weighted by molar-refractivity contribution is -0.144. The number of rotatable bonds is 6. The van der Waals surface area contributed by atoms with E-state index in [0.29, 0.717) is 11.3 Å². The zero-order chi connectivity index (χ0) is 18.1. The number of carboxylic acids is 1. The van der Waals surface area contributed by atoms with Crippen LogP contribution in [0.25, 0.3) is 10.9 Å². The molecule has 0 amide bonds. The number of H-pyrrole nitrogens is 1. The number of nitrogens with one attached hydrogen (secondary N) is 2. The Kier molecular flexibility index (Phi) is 4.52. The van der Waals surface area contributed by atoms with Crippen LogP contribution in [0.2, 0.25) is 0 Å². The predicted octanol–water partition coefficient (Wildman–Crippen LogP) is 3.44. The molecule has 2 atom stereocenters. The summed E-state index contributed by atoms with van der Waals surface area (Å²) in [5.74, 6) is -1.23. The van der Waals surface area contributed by atoms with Crippen LogP contribution < -0.4 is 5.09 Å². The number of aliphatic carboxylic acids is 1. The second-order valence-electron chi connectivity index (χ2n) is 6.16. The summed E-state index contributed by atoms with van der Waals surface area (Å²) < 4.78 is 12.7. The molecule has 0 aliphatic heterocycles. The summed E-state index contributed by atoms with van der Waals surface area (Å²) in [7, 11) is -3.95. The molecule has 3 aromatic rings. The topological polar surface area (TPSA) is 102 Å². The average molecular weight is 358 g/mol. The molecule has 0 bridgehead atoms. The first-order valence-electron chi connectivity index (χ1n) is 7.77. The van der Waals surface area contributed by atoms with Crippen molar-refractivity contribution in [3.05, 3.63) is 71.9 Å². The maximum Gasteiger partial charge on any atom is 0.330 e. The van der Waals surface area contributed by atoms with Gasteiger partial charge in [-0.3, -0.25) is 4.57 Å². The highest BCUT2D eigenvalue weighted by Crippen LogP contribution is 2.44. The van der Waals surface area contributed by atoms with Gasteiger partial charge in [0.25, 0.3) is 7.52 Å². The first-order valence-corrected chi connectivity index (χ1v) is 9.61. The molecule has 0 radical (unpaired) electrons. The number of hydrogen-bond acceptors (Lipinski definition) is 2. The Morgan fingerprint density at radius 3 is 2.44 bits per heavy atom. The molecule has 6 nitrogen and oxygen atoms in total. The number of aromatic amines is 1. The van der Waals surface area contributed by atoms with E-state index in [1.54, 1.807) is 30.3 Å². The third-order valence-electron chi connectivity index (χ3n) is 4.13. The van der Waals surface area contributed by atoms with Crippen LogP contribution in [0.4, 0.5) is 0 Å². The second kappa shape index (κ2) is 6.48. The molecule has 0 spiro atoms. The van der Waals surface area contributed by atoms with Gasteiger partial charge >= 0.3 is 5.97 Å². The van der Waals surface area contributed by atoms with Gasteiger partial charge in [-0.2, -0.15) is 0 Å². The SMILES string of the molecule is CC(NP(=O)(O)Cc1ccccc1)(C(=O)O)c1cc2ccccc2[nH]1. The molecule has 1 heterocycles. The van der Waals surface area contributed by atoms with Crippen molar-refractivity contribution in [2.45, 2.75) is 18.6 Å². The largest absolute Gasteiger partial charge is 0.480 e. The summed E-state index contributed by atoms with van der Waals surface area (Å²) in [6.07, 6.45) is -0.156. The van der Waals surface area contributed by atoms with Gasteiger partial charge in [0.15, 0.2) is 5.54 Å². The van der Waals surface area contributed by atoms with Gasteiger partial charge in [0.1, 0.15) is 0 Å². The van der Waals surface area contributed by atoms with Crippen molar-refractivity contribution in [1.29, 1.82) is 0 Å². The third kappa shape index (κ3) is 3.66. The Morgan fingerprint density at radius 1 is 1.16 bits per heavy atom. The van der Waals surface area contributed by atoms with E-state index in [9.17, 15) is 19.4 Å². The standard InChI is InChI=1S/C18H19N2O4P/c1-18(17(21)22,16-11-14-9-5-6-10-15(14)19-16)20-25(23,24)12-13-7-3-2-4-8-13/h2-11,19H,12H2,1H3,(H,21,22)(H2,20,23,24). The predicted molar refractivity (Wildman–Crippen MR) is 96.4 cm³/mol. The number of fused-ring (bicyclic) bond motifs is 1. The van der Waals surface area contributed by atoms with Crippen LogP contribution in [0.5, 0.6) is 0 Å². The summed E-state index contributed by atoms with van der Waals surface area (Å²) in [6, 6.07) is 17.8. The first-order chi connectivity index (χ1) is 11.8. The van der Waals surface area contributed by atoms with Crippen LogP contribution in [0, 0.1) is 0 Å². The molecule has 0 fully saturated rings. The molecule has 0 aliphatic carbocycles. The van der Waals surface area contributed by atoms with Gasteiger partial charge in [0.2, 0.25) is 0 Å². The quantitative estimate of drug-likeness (QED) is 0.506. The van der Waals surface area contributed by atoms with Crippen LogP contribution in [-0.2, 0) is 21.1 Å². The molecule has 2 aromatic carbocycles. The van der Waals surface area contributed by atoms with Crippen molar-refractivity contribution in [2.24, 2.45) is 0 Å². The van der Waals surface area contributed by atoms with Crippen molar-refractivity contribution in [2.75, 3.05) is 0 Å². The van der Waals surface area contributed by atoms with Crippen molar-refractivity contribution < 1.29 is 19.4 Å². The Hall–Kier alpha value is -2.40. The van der Waals surface area contributed by atoms with Gasteiger partial charge in [0, 0.05) is 11.2 Å². The summed E-state index contributed by atoms with van der Waals surface area (Å²) in [5.41, 5.74) is 0.0225. The third-order valence-corrected chi connectivity index (χ3v) is 5.72. The number of para-hydroxylation sites is 1. The minimum Gasteiger partial charge on any atom is -0.480 e. The highest BCUT2D eigenvalue weighted by atomic mass is 31.2. The Balaban J connectivity index is 1.94. The molecule has 0 saturated carbocycles. The molecule has 7 heteroatoms. The average Bonchev–Trinajstić information content (AvgIpc) is 2.99. The summed E-state index contributed by atoms with van der Waals surface area (Å²) in [4.78, 5) is 25.3. The number of aromatic nitrogens is 1. The molecule has 130 valence electrons.